The van der Waals surface area contributed by atoms with Gasteiger partial charge >= 0.3 is 6.09 Å². The van der Waals surface area contributed by atoms with Crippen molar-refractivity contribution in [2.75, 3.05) is 19.7 Å². The Morgan fingerprint density at radius 3 is 2.52 bits per heavy atom. The van der Waals surface area contributed by atoms with Crippen LogP contribution in [0.1, 0.15) is 5.56 Å². The zero-order chi connectivity index (χ0) is 14.8. The minimum absolute atomic E-state index is 0.130. The summed E-state index contributed by atoms with van der Waals surface area (Å²) in [5, 5.41) is 0. The van der Waals surface area contributed by atoms with E-state index in [4.69, 9.17) is 0 Å². The third-order valence-electron chi connectivity index (χ3n) is 3.54. The molecule has 0 N–H and O–H groups in total. The molecule has 0 saturated carbocycles. The third kappa shape index (κ3) is 2.65. The number of likely N-dealkylation sites (tertiary alicyclic amines) is 1. The second-order valence-corrected chi connectivity index (χ2v) is 4.96. The number of carbonyl (C=O) groups is 3. The van der Waals surface area contributed by atoms with E-state index in [0.717, 1.165) is 10.5 Å². The highest BCUT2D eigenvalue weighted by Crippen LogP contribution is 2.20. The average molecular weight is 286 g/mol. The molecule has 2 aliphatic heterocycles. The first kappa shape index (κ1) is 13.4. The quantitative estimate of drug-likeness (QED) is 0.774. The van der Waals surface area contributed by atoms with Crippen molar-refractivity contribution in [1.29, 1.82) is 0 Å². The Kier molecular flexibility index (Phi) is 3.43. The molecule has 3 rings (SSSR count). The first-order valence-electron chi connectivity index (χ1n) is 6.66. The average Bonchev–Trinajstić information content (AvgIpc) is 2.77. The van der Waals surface area contributed by atoms with Crippen LogP contribution >= 0.6 is 0 Å². The summed E-state index contributed by atoms with van der Waals surface area (Å²) in [6.07, 6.45) is 2.62. The van der Waals surface area contributed by atoms with Crippen LogP contribution in [-0.4, -0.2) is 53.4 Å². The molecule has 2 aliphatic rings. The lowest BCUT2D eigenvalue weighted by molar-refractivity contribution is -0.138. The molecule has 3 amide bonds. The highest BCUT2D eigenvalue weighted by molar-refractivity contribution is 5.99. The lowest BCUT2D eigenvalue weighted by atomic mass is 10.1. The highest BCUT2D eigenvalue weighted by Gasteiger charge is 2.43. The van der Waals surface area contributed by atoms with E-state index in [1.54, 1.807) is 11.0 Å². The largest absolute Gasteiger partial charge is 0.439 e. The van der Waals surface area contributed by atoms with Gasteiger partial charge in [0, 0.05) is 19.2 Å². The minimum atomic E-state index is -0.614. The lowest BCUT2D eigenvalue weighted by Crippen LogP contribution is -2.61. The molecule has 6 heteroatoms. The zero-order valence-corrected chi connectivity index (χ0v) is 11.3. The molecule has 0 radical (unpaired) electrons. The van der Waals surface area contributed by atoms with Crippen molar-refractivity contribution in [3.05, 3.63) is 42.0 Å². The standard InChI is InChI=1S/C15H14N2O4/c18-13(7-6-11-4-2-1-3-5-11)16-8-12(9-16)17-14(19)10-21-15(17)20/h1-7,12H,8-10H2/b7-6+. The Hall–Kier alpha value is -2.63. The molecular formula is C15H14N2O4. The van der Waals surface area contributed by atoms with Gasteiger partial charge in [-0.25, -0.2) is 9.69 Å². The van der Waals surface area contributed by atoms with Gasteiger partial charge in [-0.3, -0.25) is 9.59 Å². The van der Waals surface area contributed by atoms with Crippen LogP contribution < -0.4 is 0 Å². The fourth-order valence-corrected chi connectivity index (χ4v) is 2.35. The molecule has 21 heavy (non-hydrogen) atoms. The number of rotatable bonds is 3. The van der Waals surface area contributed by atoms with Crippen molar-refractivity contribution in [3.63, 3.8) is 0 Å². The molecule has 0 atom stereocenters. The van der Waals surface area contributed by atoms with Gasteiger partial charge in [-0.15, -0.1) is 0 Å². The van der Waals surface area contributed by atoms with Crippen LogP contribution in [0.3, 0.4) is 0 Å². The molecule has 0 spiro atoms. The molecule has 0 aliphatic carbocycles. The van der Waals surface area contributed by atoms with E-state index in [2.05, 4.69) is 4.74 Å². The molecule has 6 nitrogen and oxygen atoms in total. The zero-order valence-electron chi connectivity index (χ0n) is 11.3. The molecule has 0 aromatic heterocycles. The summed E-state index contributed by atoms with van der Waals surface area (Å²) in [5.74, 6) is -0.466. The van der Waals surface area contributed by atoms with Crippen molar-refractivity contribution in [1.82, 2.24) is 9.80 Å². The van der Waals surface area contributed by atoms with Crippen LogP contribution in [0.2, 0.25) is 0 Å². The Labute approximate surface area is 121 Å². The third-order valence-corrected chi connectivity index (χ3v) is 3.54. The smallest absolute Gasteiger partial charge is 0.417 e. The summed E-state index contributed by atoms with van der Waals surface area (Å²) < 4.78 is 4.66. The number of imide groups is 1. The molecule has 0 unspecified atom stereocenters. The van der Waals surface area contributed by atoms with Gasteiger partial charge in [0.05, 0.1) is 6.04 Å². The van der Waals surface area contributed by atoms with Crippen LogP contribution in [0, 0.1) is 0 Å². The molecule has 2 saturated heterocycles. The fraction of sp³-hybridized carbons (Fsp3) is 0.267. The maximum Gasteiger partial charge on any atom is 0.417 e. The number of amides is 3. The number of hydrogen-bond acceptors (Lipinski definition) is 4. The van der Waals surface area contributed by atoms with E-state index in [9.17, 15) is 14.4 Å². The van der Waals surface area contributed by atoms with Crippen molar-refractivity contribution >= 4 is 24.0 Å². The molecule has 2 heterocycles. The molecule has 0 bridgehead atoms. The summed E-state index contributed by atoms with van der Waals surface area (Å²) in [6, 6.07) is 9.25. The van der Waals surface area contributed by atoms with Crippen LogP contribution in [0.25, 0.3) is 6.08 Å². The SMILES string of the molecule is O=C(/C=C/c1ccccc1)N1CC(N2C(=O)COC2=O)C1. The maximum atomic E-state index is 11.9. The van der Waals surface area contributed by atoms with E-state index >= 15 is 0 Å². The Bertz CT molecular complexity index is 589. The number of nitrogens with zero attached hydrogens (tertiary/aromatic N) is 2. The summed E-state index contributed by atoms with van der Waals surface area (Å²) in [4.78, 5) is 37.5. The monoisotopic (exact) mass is 286 g/mol. The molecule has 108 valence electrons. The molecule has 2 fully saturated rings. The number of cyclic esters (lactones) is 1. The maximum absolute atomic E-state index is 11.9. The number of ether oxygens (including phenoxy) is 1. The Morgan fingerprint density at radius 1 is 1.19 bits per heavy atom. The second-order valence-electron chi connectivity index (χ2n) is 4.96. The van der Waals surface area contributed by atoms with Gasteiger partial charge in [-0.1, -0.05) is 30.3 Å². The molecule has 1 aromatic rings. The van der Waals surface area contributed by atoms with Gasteiger partial charge in [0.15, 0.2) is 6.61 Å². The minimum Gasteiger partial charge on any atom is -0.439 e. The number of benzene rings is 1. The normalized spacial score (nSPS) is 19.0. The fourth-order valence-electron chi connectivity index (χ4n) is 2.35. The summed E-state index contributed by atoms with van der Waals surface area (Å²) >= 11 is 0. The lowest BCUT2D eigenvalue weighted by Gasteiger charge is -2.41. The first-order valence-corrected chi connectivity index (χ1v) is 6.66. The van der Waals surface area contributed by atoms with Gasteiger partial charge in [-0.05, 0) is 11.6 Å². The van der Waals surface area contributed by atoms with Gasteiger partial charge in [0.1, 0.15) is 0 Å². The van der Waals surface area contributed by atoms with E-state index in [0.29, 0.717) is 13.1 Å². The van der Waals surface area contributed by atoms with Crippen LogP contribution in [0.5, 0.6) is 0 Å². The van der Waals surface area contributed by atoms with Crippen LogP contribution in [-0.2, 0) is 14.3 Å². The van der Waals surface area contributed by atoms with Crippen LogP contribution in [0.15, 0.2) is 36.4 Å². The highest BCUT2D eigenvalue weighted by atomic mass is 16.6. The van der Waals surface area contributed by atoms with Crippen molar-refractivity contribution in [2.24, 2.45) is 0 Å². The van der Waals surface area contributed by atoms with Crippen LogP contribution in [0.4, 0.5) is 4.79 Å². The first-order chi connectivity index (χ1) is 10.1. The summed E-state index contributed by atoms with van der Waals surface area (Å²) in [5.41, 5.74) is 0.946. The Morgan fingerprint density at radius 2 is 1.90 bits per heavy atom. The predicted octanol–water partition coefficient (Wildman–Crippen LogP) is 0.889. The van der Waals surface area contributed by atoms with Gasteiger partial charge in [0.25, 0.3) is 5.91 Å². The summed E-state index contributed by atoms with van der Waals surface area (Å²) in [6.45, 7) is 0.523. The van der Waals surface area contributed by atoms with E-state index in [1.165, 1.54) is 6.08 Å². The Balaban J connectivity index is 1.54. The second kappa shape index (κ2) is 5.40. The summed E-state index contributed by atoms with van der Waals surface area (Å²) in [7, 11) is 0. The van der Waals surface area contributed by atoms with Gasteiger partial charge in [0.2, 0.25) is 5.91 Å². The predicted molar refractivity (Wildman–Crippen MR) is 74.0 cm³/mol. The topological polar surface area (TPSA) is 66.9 Å². The number of carbonyl (C=O) groups excluding carboxylic acids is 3. The van der Waals surface area contributed by atoms with Gasteiger partial charge < -0.3 is 9.64 Å². The van der Waals surface area contributed by atoms with Crippen molar-refractivity contribution in [2.45, 2.75) is 6.04 Å². The van der Waals surface area contributed by atoms with E-state index in [-0.39, 0.29) is 24.5 Å². The van der Waals surface area contributed by atoms with E-state index < -0.39 is 6.09 Å². The molecular weight excluding hydrogens is 272 g/mol. The van der Waals surface area contributed by atoms with Gasteiger partial charge in [-0.2, -0.15) is 0 Å². The molecule has 1 aromatic carbocycles. The number of hydrogen-bond donors (Lipinski definition) is 0. The van der Waals surface area contributed by atoms with E-state index in [1.807, 2.05) is 30.3 Å². The van der Waals surface area contributed by atoms with Crippen molar-refractivity contribution in [3.8, 4) is 0 Å². The van der Waals surface area contributed by atoms with Crippen molar-refractivity contribution < 1.29 is 19.1 Å².